The zero-order valence-electron chi connectivity index (χ0n) is 7.82. The number of benzene rings is 1. The van der Waals surface area contributed by atoms with Gasteiger partial charge in [0.15, 0.2) is 0 Å². The number of carbonyl (C=O) groups excluding carboxylic acids is 1. The van der Waals surface area contributed by atoms with Gasteiger partial charge in [0, 0.05) is 6.92 Å². The molecule has 70 valence electrons. The van der Waals surface area contributed by atoms with Gasteiger partial charge in [-0.05, 0) is 18.0 Å². The highest BCUT2D eigenvalue weighted by Crippen LogP contribution is 2.02. The molecule has 0 aliphatic rings. The standard InChI is InChI=1S/C10H14O2Si/c1-9(11)12-13-8-7-10-5-3-2-4-6-10/h2-6H,7-8,13H2,1H3. The van der Waals surface area contributed by atoms with Crippen molar-refractivity contribution in [2.45, 2.75) is 19.4 Å². The van der Waals surface area contributed by atoms with Gasteiger partial charge in [-0.2, -0.15) is 0 Å². The Morgan fingerprint density at radius 3 is 2.69 bits per heavy atom. The minimum absolute atomic E-state index is 0.139. The molecule has 1 rings (SSSR count). The van der Waals surface area contributed by atoms with Crippen LogP contribution in [0.15, 0.2) is 30.3 Å². The van der Waals surface area contributed by atoms with Crippen molar-refractivity contribution >= 4 is 15.7 Å². The largest absolute Gasteiger partial charge is 0.525 e. The van der Waals surface area contributed by atoms with E-state index in [4.69, 9.17) is 4.43 Å². The van der Waals surface area contributed by atoms with Crippen LogP contribution in [0, 0.1) is 0 Å². The Bertz CT molecular complexity index is 259. The van der Waals surface area contributed by atoms with Crippen LogP contribution >= 0.6 is 0 Å². The van der Waals surface area contributed by atoms with E-state index >= 15 is 0 Å². The van der Waals surface area contributed by atoms with Gasteiger partial charge in [0.2, 0.25) is 9.76 Å². The number of hydrogen-bond acceptors (Lipinski definition) is 2. The summed E-state index contributed by atoms with van der Waals surface area (Å²) in [4.78, 5) is 10.5. The zero-order chi connectivity index (χ0) is 9.52. The average molecular weight is 194 g/mol. The Hall–Kier alpha value is -1.09. The quantitative estimate of drug-likeness (QED) is 0.533. The van der Waals surface area contributed by atoms with Crippen molar-refractivity contribution in [2.75, 3.05) is 0 Å². The summed E-state index contributed by atoms with van der Waals surface area (Å²) in [5.74, 6) is -0.139. The molecule has 0 fully saturated rings. The Morgan fingerprint density at radius 2 is 2.08 bits per heavy atom. The van der Waals surface area contributed by atoms with Gasteiger partial charge in [-0.3, -0.25) is 4.79 Å². The molecule has 0 N–H and O–H groups in total. The van der Waals surface area contributed by atoms with Gasteiger partial charge in [-0.1, -0.05) is 30.3 Å². The number of aryl methyl sites for hydroxylation is 1. The number of carbonyl (C=O) groups is 1. The molecule has 0 aromatic heterocycles. The molecule has 0 bridgehead atoms. The van der Waals surface area contributed by atoms with Crippen molar-refractivity contribution in [1.29, 1.82) is 0 Å². The van der Waals surface area contributed by atoms with Crippen molar-refractivity contribution in [3.05, 3.63) is 35.9 Å². The normalized spacial score (nSPS) is 10.5. The Kier molecular flexibility index (Phi) is 4.25. The molecular weight excluding hydrogens is 180 g/mol. The number of rotatable bonds is 4. The van der Waals surface area contributed by atoms with Crippen molar-refractivity contribution in [3.8, 4) is 0 Å². The Morgan fingerprint density at radius 1 is 1.38 bits per heavy atom. The molecule has 0 spiro atoms. The van der Waals surface area contributed by atoms with Crippen LogP contribution in [0.1, 0.15) is 12.5 Å². The minimum atomic E-state index is -0.630. The highest BCUT2D eigenvalue weighted by atomic mass is 28.2. The third-order valence-corrected chi connectivity index (χ3v) is 3.01. The van der Waals surface area contributed by atoms with E-state index < -0.39 is 9.76 Å². The fraction of sp³-hybridized carbons (Fsp3) is 0.300. The summed E-state index contributed by atoms with van der Waals surface area (Å²) >= 11 is 0. The van der Waals surface area contributed by atoms with Gasteiger partial charge in [0.1, 0.15) is 0 Å². The first-order valence-corrected chi connectivity index (χ1v) is 6.04. The predicted octanol–water partition coefficient (Wildman–Crippen LogP) is 1.29. The first-order chi connectivity index (χ1) is 6.29. The lowest BCUT2D eigenvalue weighted by Crippen LogP contribution is -2.04. The molecule has 0 saturated heterocycles. The van der Waals surface area contributed by atoms with E-state index in [0.29, 0.717) is 0 Å². The summed E-state index contributed by atoms with van der Waals surface area (Å²) in [6.45, 7) is 1.47. The molecule has 0 aliphatic heterocycles. The van der Waals surface area contributed by atoms with E-state index in [0.717, 1.165) is 12.5 Å². The van der Waals surface area contributed by atoms with Crippen molar-refractivity contribution in [2.24, 2.45) is 0 Å². The van der Waals surface area contributed by atoms with E-state index in [9.17, 15) is 4.79 Å². The summed E-state index contributed by atoms with van der Waals surface area (Å²) in [6.07, 6.45) is 1.03. The summed E-state index contributed by atoms with van der Waals surface area (Å²) in [6, 6.07) is 11.3. The fourth-order valence-corrected chi connectivity index (χ4v) is 2.12. The maximum Gasteiger partial charge on any atom is 0.288 e. The monoisotopic (exact) mass is 194 g/mol. The molecule has 1 aromatic carbocycles. The fourth-order valence-electron chi connectivity index (χ4n) is 1.14. The summed E-state index contributed by atoms with van der Waals surface area (Å²) < 4.78 is 4.96. The van der Waals surface area contributed by atoms with E-state index in [-0.39, 0.29) is 5.97 Å². The first-order valence-electron chi connectivity index (χ1n) is 4.46. The lowest BCUT2D eigenvalue weighted by atomic mass is 10.2. The number of hydrogen-bond donors (Lipinski definition) is 0. The molecule has 0 unspecified atom stereocenters. The SMILES string of the molecule is CC(=O)O[SiH2]CCc1ccccc1. The van der Waals surface area contributed by atoms with E-state index in [1.165, 1.54) is 12.5 Å². The highest BCUT2D eigenvalue weighted by Gasteiger charge is 1.95. The van der Waals surface area contributed by atoms with Gasteiger partial charge in [0.25, 0.3) is 5.97 Å². The molecule has 1 aromatic rings. The lowest BCUT2D eigenvalue weighted by Gasteiger charge is -2.01. The van der Waals surface area contributed by atoms with Crippen LogP contribution < -0.4 is 0 Å². The first kappa shape index (κ1) is 9.99. The van der Waals surface area contributed by atoms with E-state index in [2.05, 4.69) is 12.1 Å². The third kappa shape index (κ3) is 4.47. The molecule has 0 heterocycles. The molecule has 3 heteroatoms. The zero-order valence-corrected chi connectivity index (χ0v) is 9.24. The van der Waals surface area contributed by atoms with Gasteiger partial charge >= 0.3 is 0 Å². The van der Waals surface area contributed by atoms with Crippen LogP contribution in [0.4, 0.5) is 0 Å². The predicted molar refractivity (Wildman–Crippen MR) is 55.3 cm³/mol. The van der Waals surface area contributed by atoms with Gasteiger partial charge in [-0.25, -0.2) is 0 Å². The Balaban J connectivity index is 2.17. The van der Waals surface area contributed by atoms with Crippen molar-refractivity contribution in [1.82, 2.24) is 0 Å². The molecule has 2 nitrogen and oxygen atoms in total. The van der Waals surface area contributed by atoms with E-state index in [1.54, 1.807) is 0 Å². The molecule has 0 aliphatic carbocycles. The second-order valence-electron chi connectivity index (χ2n) is 2.93. The average Bonchev–Trinajstić information content (AvgIpc) is 2.14. The molecular formula is C10H14O2Si. The maximum atomic E-state index is 10.5. The lowest BCUT2D eigenvalue weighted by molar-refractivity contribution is -0.131. The van der Waals surface area contributed by atoms with Crippen LogP contribution in [0.3, 0.4) is 0 Å². The summed E-state index contributed by atoms with van der Waals surface area (Å²) in [7, 11) is -0.630. The molecule has 13 heavy (non-hydrogen) atoms. The maximum absolute atomic E-state index is 10.5. The van der Waals surface area contributed by atoms with Crippen LogP contribution in [0.5, 0.6) is 0 Å². The summed E-state index contributed by atoms with van der Waals surface area (Å²) in [5.41, 5.74) is 1.32. The van der Waals surface area contributed by atoms with Gasteiger partial charge < -0.3 is 4.43 Å². The molecule has 0 radical (unpaired) electrons. The van der Waals surface area contributed by atoms with Gasteiger partial charge in [0.05, 0.1) is 0 Å². The van der Waals surface area contributed by atoms with Crippen molar-refractivity contribution < 1.29 is 9.22 Å². The van der Waals surface area contributed by atoms with Crippen LogP contribution in [-0.2, 0) is 15.6 Å². The van der Waals surface area contributed by atoms with Crippen LogP contribution in [-0.4, -0.2) is 15.7 Å². The second-order valence-corrected chi connectivity index (χ2v) is 4.33. The highest BCUT2D eigenvalue weighted by molar-refractivity contribution is 6.30. The molecule has 0 amide bonds. The van der Waals surface area contributed by atoms with Crippen LogP contribution in [0.2, 0.25) is 6.04 Å². The second kappa shape index (κ2) is 5.53. The molecule has 0 atom stereocenters. The minimum Gasteiger partial charge on any atom is -0.525 e. The Labute approximate surface area is 80.9 Å². The third-order valence-electron chi connectivity index (χ3n) is 1.76. The van der Waals surface area contributed by atoms with E-state index in [1.807, 2.05) is 18.2 Å². The molecule has 0 saturated carbocycles. The topological polar surface area (TPSA) is 26.3 Å². The summed E-state index contributed by atoms with van der Waals surface area (Å²) in [5, 5.41) is 0. The van der Waals surface area contributed by atoms with Crippen molar-refractivity contribution in [3.63, 3.8) is 0 Å². The smallest absolute Gasteiger partial charge is 0.288 e. The van der Waals surface area contributed by atoms with Gasteiger partial charge in [-0.15, -0.1) is 0 Å². The van der Waals surface area contributed by atoms with Crippen LogP contribution in [0.25, 0.3) is 0 Å².